The highest BCUT2D eigenvalue weighted by Crippen LogP contribution is 2.30. The van der Waals surface area contributed by atoms with Crippen LogP contribution < -0.4 is 10.2 Å². The summed E-state index contributed by atoms with van der Waals surface area (Å²) < 4.78 is 37.9. The highest BCUT2D eigenvalue weighted by molar-refractivity contribution is 6.03. The van der Waals surface area contributed by atoms with Crippen LogP contribution in [0.4, 0.5) is 24.7 Å². The van der Waals surface area contributed by atoms with Gasteiger partial charge < -0.3 is 10.2 Å². The first-order valence-corrected chi connectivity index (χ1v) is 8.96. The standard InChI is InChI=1S/C19H21F3N4O/c1-2-15-5-3-4-10-26(15)17-11-16(23-12-24-17)18(27)25-14-8-6-13(7-9-14)19(20,21)22/h6-9,11-12,15H,2-5,10H2,1H3,(H,25,27). The summed E-state index contributed by atoms with van der Waals surface area (Å²) in [6, 6.07) is 6.33. The fourth-order valence-electron chi connectivity index (χ4n) is 3.29. The summed E-state index contributed by atoms with van der Waals surface area (Å²) in [4.78, 5) is 22.9. The number of anilines is 2. The molecule has 1 aliphatic rings. The average Bonchev–Trinajstić information content (AvgIpc) is 2.67. The van der Waals surface area contributed by atoms with Gasteiger partial charge in [0, 0.05) is 24.3 Å². The van der Waals surface area contributed by atoms with E-state index in [9.17, 15) is 18.0 Å². The lowest BCUT2D eigenvalue weighted by Gasteiger charge is -2.36. The maximum Gasteiger partial charge on any atom is 0.416 e. The van der Waals surface area contributed by atoms with Crippen molar-refractivity contribution in [3.05, 3.63) is 47.9 Å². The molecule has 1 fully saturated rings. The van der Waals surface area contributed by atoms with Crippen LogP contribution >= 0.6 is 0 Å². The third-order valence-corrected chi connectivity index (χ3v) is 4.75. The Morgan fingerprint density at radius 2 is 1.96 bits per heavy atom. The number of hydrogen-bond donors (Lipinski definition) is 1. The van der Waals surface area contributed by atoms with E-state index in [1.165, 1.54) is 24.9 Å². The predicted molar refractivity (Wildman–Crippen MR) is 96.7 cm³/mol. The van der Waals surface area contributed by atoms with Crippen molar-refractivity contribution in [1.82, 2.24) is 9.97 Å². The van der Waals surface area contributed by atoms with Crippen LogP contribution in [0.5, 0.6) is 0 Å². The summed E-state index contributed by atoms with van der Waals surface area (Å²) >= 11 is 0. The highest BCUT2D eigenvalue weighted by atomic mass is 19.4. The second-order valence-corrected chi connectivity index (χ2v) is 6.54. The predicted octanol–water partition coefficient (Wildman–Crippen LogP) is 4.52. The molecule has 1 aromatic carbocycles. The van der Waals surface area contributed by atoms with Crippen molar-refractivity contribution in [2.24, 2.45) is 0 Å². The fraction of sp³-hybridized carbons (Fsp3) is 0.421. The lowest BCUT2D eigenvalue weighted by atomic mass is 10.00. The van der Waals surface area contributed by atoms with Crippen molar-refractivity contribution >= 4 is 17.4 Å². The number of rotatable bonds is 4. The third-order valence-electron chi connectivity index (χ3n) is 4.75. The van der Waals surface area contributed by atoms with Crippen molar-refractivity contribution in [1.29, 1.82) is 0 Å². The van der Waals surface area contributed by atoms with Gasteiger partial charge in [-0.15, -0.1) is 0 Å². The zero-order valence-electron chi connectivity index (χ0n) is 15.0. The topological polar surface area (TPSA) is 58.1 Å². The van der Waals surface area contributed by atoms with Crippen LogP contribution in [-0.2, 0) is 6.18 Å². The normalized spacial score (nSPS) is 17.6. The van der Waals surface area contributed by atoms with E-state index in [-0.39, 0.29) is 11.4 Å². The smallest absolute Gasteiger partial charge is 0.354 e. The minimum Gasteiger partial charge on any atom is -0.354 e. The number of carbonyl (C=O) groups excluding carboxylic acids is 1. The number of nitrogens with one attached hydrogen (secondary N) is 1. The Labute approximate surface area is 155 Å². The van der Waals surface area contributed by atoms with Gasteiger partial charge in [-0.3, -0.25) is 4.79 Å². The van der Waals surface area contributed by atoms with E-state index in [1.54, 1.807) is 6.07 Å². The Morgan fingerprint density at radius 1 is 1.22 bits per heavy atom. The molecule has 1 aliphatic heterocycles. The summed E-state index contributed by atoms with van der Waals surface area (Å²) in [6.07, 6.45) is 1.28. The van der Waals surface area contributed by atoms with Crippen LogP contribution in [0, 0.1) is 0 Å². The minimum atomic E-state index is -4.41. The molecule has 0 bridgehead atoms. The van der Waals surface area contributed by atoms with Gasteiger partial charge in [0.25, 0.3) is 5.91 Å². The number of benzene rings is 1. The number of halogens is 3. The Morgan fingerprint density at radius 3 is 2.63 bits per heavy atom. The Kier molecular flexibility index (Phi) is 5.62. The Bertz CT molecular complexity index is 792. The van der Waals surface area contributed by atoms with Gasteiger partial charge in [0.1, 0.15) is 17.8 Å². The molecule has 5 nitrogen and oxygen atoms in total. The Balaban J connectivity index is 1.73. The number of nitrogens with zero attached hydrogens (tertiary/aromatic N) is 3. The molecule has 27 heavy (non-hydrogen) atoms. The largest absolute Gasteiger partial charge is 0.416 e. The summed E-state index contributed by atoms with van der Waals surface area (Å²) in [5.41, 5.74) is -0.307. The van der Waals surface area contributed by atoms with Crippen LogP contribution in [-0.4, -0.2) is 28.5 Å². The van der Waals surface area contributed by atoms with E-state index in [0.29, 0.717) is 11.9 Å². The van der Waals surface area contributed by atoms with Gasteiger partial charge in [0.15, 0.2) is 0 Å². The summed E-state index contributed by atoms with van der Waals surface area (Å²) in [5, 5.41) is 2.58. The van der Waals surface area contributed by atoms with Gasteiger partial charge in [0.05, 0.1) is 5.56 Å². The molecule has 0 radical (unpaired) electrons. The minimum absolute atomic E-state index is 0.181. The van der Waals surface area contributed by atoms with Gasteiger partial charge in [-0.1, -0.05) is 6.92 Å². The van der Waals surface area contributed by atoms with Crippen molar-refractivity contribution in [2.45, 2.75) is 44.8 Å². The Hall–Kier alpha value is -2.64. The molecule has 1 N–H and O–H groups in total. The molecule has 1 saturated heterocycles. The first kappa shape index (κ1) is 19.1. The van der Waals surface area contributed by atoms with Crippen LogP contribution in [0.15, 0.2) is 36.7 Å². The molecule has 3 rings (SSSR count). The van der Waals surface area contributed by atoms with E-state index in [4.69, 9.17) is 0 Å². The first-order valence-electron chi connectivity index (χ1n) is 8.96. The van der Waals surface area contributed by atoms with Crippen LogP contribution in [0.1, 0.15) is 48.7 Å². The molecule has 0 spiro atoms. The molecular weight excluding hydrogens is 357 g/mol. The highest BCUT2D eigenvalue weighted by Gasteiger charge is 2.30. The molecule has 1 aromatic heterocycles. The zero-order valence-corrected chi connectivity index (χ0v) is 15.0. The molecule has 2 aromatic rings. The number of amides is 1. The molecule has 0 saturated carbocycles. The van der Waals surface area contributed by atoms with E-state index >= 15 is 0 Å². The molecule has 1 atom stereocenters. The fourth-order valence-corrected chi connectivity index (χ4v) is 3.29. The number of piperidine rings is 1. The first-order chi connectivity index (χ1) is 12.9. The van der Waals surface area contributed by atoms with Crippen molar-refractivity contribution in [2.75, 3.05) is 16.8 Å². The van der Waals surface area contributed by atoms with E-state index in [2.05, 4.69) is 27.1 Å². The summed E-state index contributed by atoms with van der Waals surface area (Å²) in [6.45, 7) is 3.01. The molecular formula is C19H21F3N4O. The van der Waals surface area contributed by atoms with Gasteiger partial charge in [-0.05, 0) is 49.9 Å². The second-order valence-electron chi connectivity index (χ2n) is 6.54. The number of carbonyl (C=O) groups is 1. The van der Waals surface area contributed by atoms with Crippen LogP contribution in [0.25, 0.3) is 0 Å². The molecule has 8 heteroatoms. The second kappa shape index (κ2) is 7.94. The summed E-state index contributed by atoms with van der Waals surface area (Å²) in [7, 11) is 0. The van der Waals surface area contributed by atoms with Crippen molar-refractivity contribution in [3.63, 3.8) is 0 Å². The third kappa shape index (κ3) is 4.56. The maximum absolute atomic E-state index is 12.6. The van der Waals surface area contributed by atoms with Gasteiger partial charge >= 0.3 is 6.18 Å². The molecule has 1 amide bonds. The van der Waals surface area contributed by atoms with Gasteiger partial charge in [-0.2, -0.15) is 13.2 Å². The van der Waals surface area contributed by atoms with E-state index < -0.39 is 17.6 Å². The molecule has 1 unspecified atom stereocenters. The monoisotopic (exact) mass is 378 g/mol. The van der Waals surface area contributed by atoms with Crippen molar-refractivity contribution < 1.29 is 18.0 Å². The lowest BCUT2D eigenvalue weighted by Crippen LogP contribution is -2.39. The number of aromatic nitrogens is 2. The van der Waals surface area contributed by atoms with Crippen molar-refractivity contribution in [3.8, 4) is 0 Å². The average molecular weight is 378 g/mol. The molecule has 2 heterocycles. The zero-order chi connectivity index (χ0) is 19.4. The van der Waals surface area contributed by atoms with Crippen LogP contribution in [0.3, 0.4) is 0 Å². The van der Waals surface area contributed by atoms with Gasteiger partial charge in [0.2, 0.25) is 0 Å². The number of alkyl halides is 3. The quantitative estimate of drug-likeness (QED) is 0.850. The SMILES string of the molecule is CCC1CCCCN1c1cc(C(=O)Nc2ccc(C(F)(F)F)cc2)ncn1. The lowest BCUT2D eigenvalue weighted by molar-refractivity contribution is -0.137. The van der Waals surface area contributed by atoms with E-state index in [1.807, 2.05) is 0 Å². The van der Waals surface area contributed by atoms with E-state index in [0.717, 1.165) is 37.9 Å². The maximum atomic E-state index is 12.6. The number of hydrogen-bond acceptors (Lipinski definition) is 4. The summed E-state index contributed by atoms with van der Waals surface area (Å²) in [5.74, 6) is 0.220. The van der Waals surface area contributed by atoms with Gasteiger partial charge in [-0.25, -0.2) is 9.97 Å². The molecule has 144 valence electrons. The molecule has 0 aliphatic carbocycles. The van der Waals surface area contributed by atoms with Crippen LogP contribution in [0.2, 0.25) is 0 Å².